The molecular formula is C16H17ClN2OS. The molecule has 0 saturated carbocycles. The Morgan fingerprint density at radius 1 is 1.33 bits per heavy atom. The van der Waals surface area contributed by atoms with Gasteiger partial charge in [0.05, 0.1) is 6.54 Å². The van der Waals surface area contributed by atoms with Gasteiger partial charge >= 0.3 is 0 Å². The van der Waals surface area contributed by atoms with E-state index in [1.165, 1.54) is 4.88 Å². The number of nitrogens with one attached hydrogen (secondary N) is 1. The lowest BCUT2D eigenvalue weighted by Gasteiger charge is -2.22. The summed E-state index contributed by atoms with van der Waals surface area (Å²) in [6.45, 7) is 1.42. The van der Waals surface area contributed by atoms with E-state index in [0.29, 0.717) is 17.6 Å². The lowest BCUT2D eigenvalue weighted by Crippen LogP contribution is -2.32. The summed E-state index contributed by atoms with van der Waals surface area (Å²) >= 11 is 7.61. The maximum Gasteiger partial charge on any atom is 0.238 e. The quantitative estimate of drug-likeness (QED) is 0.916. The zero-order valence-corrected chi connectivity index (χ0v) is 13.2. The fourth-order valence-electron chi connectivity index (χ4n) is 2.74. The van der Waals surface area contributed by atoms with E-state index in [1.807, 2.05) is 12.1 Å². The summed E-state index contributed by atoms with van der Waals surface area (Å²) in [6.07, 6.45) is 2.28. The predicted molar refractivity (Wildman–Crippen MR) is 87.9 cm³/mol. The Morgan fingerprint density at radius 2 is 2.14 bits per heavy atom. The highest BCUT2D eigenvalue weighted by Crippen LogP contribution is 2.34. The number of hydrogen-bond acceptors (Lipinski definition) is 3. The maximum atomic E-state index is 12.2. The maximum absolute atomic E-state index is 12.2. The number of halogens is 1. The molecule has 0 bridgehead atoms. The molecule has 2 heterocycles. The minimum atomic E-state index is 0.0285. The average molecular weight is 321 g/mol. The van der Waals surface area contributed by atoms with Crippen molar-refractivity contribution in [2.75, 3.05) is 18.4 Å². The van der Waals surface area contributed by atoms with Crippen LogP contribution in [0.1, 0.15) is 23.8 Å². The van der Waals surface area contributed by atoms with Crippen molar-refractivity contribution in [3.63, 3.8) is 0 Å². The summed E-state index contributed by atoms with van der Waals surface area (Å²) < 4.78 is 0. The van der Waals surface area contributed by atoms with Crippen LogP contribution in [0, 0.1) is 0 Å². The van der Waals surface area contributed by atoms with E-state index in [2.05, 4.69) is 27.7 Å². The molecule has 21 heavy (non-hydrogen) atoms. The number of carbonyl (C=O) groups is 1. The number of carbonyl (C=O) groups excluding carboxylic acids is 1. The zero-order valence-electron chi connectivity index (χ0n) is 11.6. The number of benzene rings is 1. The summed E-state index contributed by atoms with van der Waals surface area (Å²) in [6, 6.07) is 11.8. The van der Waals surface area contributed by atoms with Gasteiger partial charge in [-0.3, -0.25) is 9.69 Å². The van der Waals surface area contributed by atoms with Crippen molar-refractivity contribution in [3.8, 4) is 0 Å². The lowest BCUT2D eigenvalue weighted by molar-refractivity contribution is -0.117. The van der Waals surface area contributed by atoms with E-state index >= 15 is 0 Å². The third-order valence-electron chi connectivity index (χ3n) is 3.71. The zero-order chi connectivity index (χ0) is 14.7. The first-order chi connectivity index (χ1) is 10.2. The SMILES string of the molecule is O=C(CN1CCCC1c1cccs1)Nc1ccc(Cl)cc1. The smallest absolute Gasteiger partial charge is 0.238 e. The van der Waals surface area contributed by atoms with Gasteiger partial charge in [0.1, 0.15) is 0 Å². The molecule has 3 rings (SSSR count). The summed E-state index contributed by atoms with van der Waals surface area (Å²) in [5.41, 5.74) is 0.788. The molecule has 5 heteroatoms. The highest BCUT2D eigenvalue weighted by atomic mass is 35.5. The van der Waals surface area contributed by atoms with Crippen LogP contribution in [-0.2, 0) is 4.79 Å². The summed E-state index contributed by atoms with van der Waals surface area (Å²) in [7, 11) is 0. The number of thiophene rings is 1. The van der Waals surface area contributed by atoms with Gasteiger partial charge in [0.15, 0.2) is 0 Å². The van der Waals surface area contributed by atoms with Crippen LogP contribution in [0.2, 0.25) is 5.02 Å². The second-order valence-corrected chi connectivity index (χ2v) is 6.61. The van der Waals surface area contributed by atoms with Crippen molar-refractivity contribution >= 4 is 34.5 Å². The van der Waals surface area contributed by atoms with Crippen LogP contribution < -0.4 is 5.32 Å². The van der Waals surface area contributed by atoms with Gasteiger partial charge in [-0.15, -0.1) is 11.3 Å². The molecule has 1 unspecified atom stereocenters. The second-order valence-electron chi connectivity index (χ2n) is 5.20. The molecule has 1 aliphatic heterocycles. The number of nitrogens with zero attached hydrogens (tertiary/aromatic N) is 1. The van der Waals surface area contributed by atoms with E-state index in [-0.39, 0.29) is 5.91 Å². The summed E-state index contributed by atoms with van der Waals surface area (Å²) in [4.78, 5) is 15.8. The van der Waals surface area contributed by atoms with Gasteiger partial charge in [0.25, 0.3) is 0 Å². The normalized spacial score (nSPS) is 18.8. The molecule has 1 atom stereocenters. The van der Waals surface area contributed by atoms with Crippen molar-refractivity contribution in [3.05, 3.63) is 51.7 Å². The minimum absolute atomic E-state index is 0.0285. The Labute approximate surface area is 133 Å². The van der Waals surface area contributed by atoms with E-state index in [4.69, 9.17) is 11.6 Å². The van der Waals surface area contributed by atoms with Crippen LogP contribution >= 0.6 is 22.9 Å². The standard InChI is InChI=1S/C16H17ClN2OS/c17-12-5-7-13(8-6-12)18-16(20)11-19-9-1-3-14(19)15-4-2-10-21-15/h2,4-8,10,14H,1,3,9,11H2,(H,18,20). The summed E-state index contributed by atoms with van der Waals surface area (Å²) in [5.74, 6) is 0.0285. The van der Waals surface area contributed by atoms with Crippen LogP contribution in [0.15, 0.2) is 41.8 Å². The molecule has 110 valence electrons. The highest BCUT2D eigenvalue weighted by molar-refractivity contribution is 7.10. The third-order valence-corrected chi connectivity index (χ3v) is 4.94. The van der Waals surface area contributed by atoms with Gasteiger partial charge in [-0.1, -0.05) is 17.7 Å². The number of likely N-dealkylation sites (tertiary alicyclic amines) is 1. The third kappa shape index (κ3) is 3.64. The van der Waals surface area contributed by atoms with E-state index in [9.17, 15) is 4.79 Å². The Morgan fingerprint density at radius 3 is 2.86 bits per heavy atom. The molecule has 1 aliphatic rings. The molecule has 2 aromatic rings. The first-order valence-electron chi connectivity index (χ1n) is 7.05. The molecule has 0 radical (unpaired) electrons. The Balaban J connectivity index is 1.60. The van der Waals surface area contributed by atoms with Crippen molar-refractivity contribution < 1.29 is 4.79 Å². The van der Waals surface area contributed by atoms with Crippen LogP contribution in [0.3, 0.4) is 0 Å². The molecule has 1 N–H and O–H groups in total. The van der Waals surface area contributed by atoms with Gasteiger partial charge < -0.3 is 5.32 Å². The fraction of sp³-hybridized carbons (Fsp3) is 0.312. The van der Waals surface area contributed by atoms with E-state index in [1.54, 1.807) is 23.5 Å². The molecule has 1 fully saturated rings. The number of rotatable bonds is 4. The Hall–Kier alpha value is -1.36. The molecule has 3 nitrogen and oxygen atoms in total. The number of amides is 1. The lowest BCUT2D eigenvalue weighted by atomic mass is 10.2. The molecular weight excluding hydrogens is 304 g/mol. The molecule has 1 aromatic heterocycles. The summed E-state index contributed by atoms with van der Waals surface area (Å²) in [5, 5.41) is 5.69. The van der Waals surface area contributed by atoms with E-state index in [0.717, 1.165) is 25.1 Å². The monoisotopic (exact) mass is 320 g/mol. The van der Waals surface area contributed by atoms with Crippen LogP contribution in [0.4, 0.5) is 5.69 Å². The minimum Gasteiger partial charge on any atom is -0.325 e. The molecule has 1 amide bonds. The van der Waals surface area contributed by atoms with Gasteiger partial charge in [0, 0.05) is 21.6 Å². The Bertz CT molecular complexity index is 597. The first kappa shape index (κ1) is 14.6. The van der Waals surface area contributed by atoms with Crippen molar-refractivity contribution in [2.45, 2.75) is 18.9 Å². The number of anilines is 1. The largest absolute Gasteiger partial charge is 0.325 e. The van der Waals surface area contributed by atoms with Gasteiger partial charge in [-0.25, -0.2) is 0 Å². The van der Waals surface area contributed by atoms with E-state index < -0.39 is 0 Å². The van der Waals surface area contributed by atoms with Crippen LogP contribution in [-0.4, -0.2) is 23.9 Å². The number of hydrogen-bond donors (Lipinski definition) is 1. The highest BCUT2D eigenvalue weighted by Gasteiger charge is 2.28. The second kappa shape index (κ2) is 6.60. The van der Waals surface area contributed by atoms with Gasteiger partial charge in [0.2, 0.25) is 5.91 Å². The molecule has 1 aromatic carbocycles. The first-order valence-corrected chi connectivity index (χ1v) is 8.31. The molecule has 0 aliphatic carbocycles. The van der Waals surface area contributed by atoms with Crippen molar-refractivity contribution in [1.29, 1.82) is 0 Å². The molecule has 1 saturated heterocycles. The fourth-order valence-corrected chi connectivity index (χ4v) is 3.76. The Kier molecular flexibility index (Phi) is 4.58. The van der Waals surface area contributed by atoms with Crippen LogP contribution in [0.25, 0.3) is 0 Å². The van der Waals surface area contributed by atoms with Crippen molar-refractivity contribution in [1.82, 2.24) is 4.90 Å². The van der Waals surface area contributed by atoms with Crippen molar-refractivity contribution in [2.24, 2.45) is 0 Å². The van der Waals surface area contributed by atoms with Crippen LogP contribution in [0.5, 0.6) is 0 Å². The van der Waals surface area contributed by atoms with Gasteiger partial charge in [-0.2, -0.15) is 0 Å². The topological polar surface area (TPSA) is 32.3 Å². The predicted octanol–water partition coefficient (Wildman–Crippen LogP) is 4.18. The molecule has 0 spiro atoms. The van der Waals surface area contributed by atoms with Gasteiger partial charge in [-0.05, 0) is 55.1 Å². The average Bonchev–Trinajstić information content (AvgIpc) is 3.11.